The number of amides is 4. The van der Waals surface area contributed by atoms with Crippen LogP contribution in [-0.2, 0) is 21.5 Å². The minimum absolute atomic E-state index is 0.186. The van der Waals surface area contributed by atoms with E-state index in [0.29, 0.717) is 24.6 Å². The molecule has 4 rings (SSSR count). The quantitative estimate of drug-likeness (QED) is 0.687. The third-order valence-corrected chi connectivity index (χ3v) is 6.85. The fraction of sp³-hybridized carbons (Fsp3) is 0.423. The molecule has 0 aliphatic carbocycles. The van der Waals surface area contributed by atoms with E-state index in [4.69, 9.17) is 4.74 Å². The molecule has 1 unspecified atom stereocenters. The minimum atomic E-state index is -1.16. The van der Waals surface area contributed by atoms with Crippen molar-refractivity contribution >= 4 is 17.8 Å². The van der Waals surface area contributed by atoms with E-state index in [1.54, 1.807) is 18.9 Å². The SMILES string of the molecule is COc1ccc(CC2CCN(C(=O)CN3C(=O)NC(C)(c4ccc(C)cc4)C3=O)CC2)cc1. The summed E-state index contributed by atoms with van der Waals surface area (Å²) < 4.78 is 5.21. The number of carbonyl (C=O) groups is 3. The van der Waals surface area contributed by atoms with Crippen LogP contribution in [0.4, 0.5) is 4.79 Å². The average Bonchev–Trinajstić information content (AvgIpc) is 3.04. The van der Waals surface area contributed by atoms with Gasteiger partial charge in [-0.25, -0.2) is 4.79 Å². The summed E-state index contributed by atoms with van der Waals surface area (Å²) >= 11 is 0. The Kier molecular flexibility index (Phi) is 6.40. The van der Waals surface area contributed by atoms with Crippen molar-refractivity contribution in [3.63, 3.8) is 0 Å². The first-order valence-electron chi connectivity index (χ1n) is 11.4. The molecular formula is C26H31N3O4. The zero-order valence-corrected chi connectivity index (χ0v) is 19.5. The Hall–Kier alpha value is -3.35. The number of imide groups is 1. The molecular weight excluding hydrogens is 418 g/mol. The Labute approximate surface area is 194 Å². The van der Waals surface area contributed by atoms with E-state index in [9.17, 15) is 14.4 Å². The maximum absolute atomic E-state index is 13.1. The molecule has 0 spiro atoms. The number of nitrogens with zero attached hydrogens (tertiary/aromatic N) is 2. The molecule has 0 saturated carbocycles. The fourth-order valence-electron chi connectivity index (χ4n) is 4.64. The normalized spacial score (nSPS) is 21.3. The summed E-state index contributed by atoms with van der Waals surface area (Å²) in [5.41, 5.74) is 1.88. The number of rotatable bonds is 6. The highest BCUT2D eigenvalue weighted by Gasteiger charge is 2.49. The second kappa shape index (κ2) is 9.25. The van der Waals surface area contributed by atoms with Gasteiger partial charge in [0.2, 0.25) is 5.91 Å². The van der Waals surface area contributed by atoms with Gasteiger partial charge in [-0.05, 0) is 62.3 Å². The van der Waals surface area contributed by atoms with Crippen molar-refractivity contribution in [2.45, 2.75) is 38.6 Å². The molecule has 7 heteroatoms. The topological polar surface area (TPSA) is 79.0 Å². The number of nitrogens with one attached hydrogen (secondary N) is 1. The van der Waals surface area contributed by atoms with Crippen LogP contribution in [0, 0.1) is 12.8 Å². The van der Waals surface area contributed by atoms with Crippen molar-refractivity contribution in [3.8, 4) is 5.75 Å². The number of piperidine rings is 1. The molecule has 1 N–H and O–H groups in total. The zero-order valence-electron chi connectivity index (χ0n) is 19.5. The summed E-state index contributed by atoms with van der Waals surface area (Å²) in [5.74, 6) is 0.774. The Morgan fingerprint density at radius 1 is 1.06 bits per heavy atom. The van der Waals surface area contributed by atoms with Gasteiger partial charge in [-0.15, -0.1) is 0 Å². The molecule has 2 aromatic rings. The van der Waals surface area contributed by atoms with E-state index < -0.39 is 11.6 Å². The van der Waals surface area contributed by atoms with Crippen LogP contribution in [0.25, 0.3) is 0 Å². The van der Waals surface area contributed by atoms with E-state index in [0.717, 1.165) is 35.5 Å². The molecule has 2 aliphatic rings. The van der Waals surface area contributed by atoms with Gasteiger partial charge in [-0.3, -0.25) is 14.5 Å². The average molecular weight is 450 g/mol. The third kappa shape index (κ3) is 4.72. The first-order chi connectivity index (χ1) is 15.8. The molecule has 1 atom stereocenters. The van der Waals surface area contributed by atoms with Gasteiger partial charge in [0, 0.05) is 13.1 Å². The van der Waals surface area contributed by atoms with E-state index in [2.05, 4.69) is 17.4 Å². The van der Waals surface area contributed by atoms with Crippen molar-refractivity contribution in [1.29, 1.82) is 0 Å². The highest BCUT2D eigenvalue weighted by Crippen LogP contribution is 2.29. The Bertz CT molecular complexity index is 1030. The molecule has 4 amide bonds. The second-order valence-electron chi connectivity index (χ2n) is 9.19. The standard InChI is InChI=1S/C26H31N3O4/c1-18-4-8-21(9-5-18)26(2)24(31)29(25(32)27-26)17-23(30)28-14-12-20(13-15-28)16-19-6-10-22(33-3)11-7-19/h4-11,20H,12-17H2,1-3H3,(H,27,32). The first-order valence-corrected chi connectivity index (χ1v) is 11.4. The first kappa shape index (κ1) is 22.8. The molecule has 0 bridgehead atoms. The van der Waals surface area contributed by atoms with Crippen LogP contribution >= 0.6 is 0 Å². The van der Waals surface area contributed by atoms with Gasteiger partial charge < -0.3 is 15.0 Å². The number of urea groups is 1. The van der Waals surface area contributed by atoms with Gasteiger partial charge in [0.15, 0.2) is 0 Å². The predicted octanol–water partition coefficient (Wildman–Crippen LogP) is 3.25. The number of hydrogen-bond acceptors (Lipinski definition) is 4. The predicted molar refractivity (Wildman–Crippen MR) is 125 cm³/mol. The van der Waals surface area contributed by atoms with E-state index in [1.165, 1.54) is 5.56 Å². The van der Waals surface area contributed by atoms with Crippen molar-refractivity contribution in [2.75, 3.05) is 26.7 Å². The van der Waals surface area contributed by atoms with Crippen molar-refractivity contribution in [2.24, 2.45) is 5.92 Å². The lowest BCUT2D eigenvalue weighted by molar-refractivity contribution is -0.139. The minimum Gasteiger partial charge on any atom is -0.497 e. The molecule has 7 nitrogen and oxygen atoms in total. The smallest absolute Gasteiger partial charge is 0.325 e. The Morgan fingerprint density at radius 3 is 2.30 bits per heavy atom. The molecule has 0 aromatic heterocycles. The van der Waals surface area contributed by atoms with E-state index in [-0.39, 0.29) is 18.4 Å². The molecule has 33 heavy (non-hydrogen) atoms. The number of methoxy groups -OCH3 is 1. The molecule has 2 aromatic carbocycles. The Morgan fingerprint density at radius 2 is 1.70 bits per heavy atom. The van der Waals surface area contributed by atoms with Gasteiger partial charge >= 0.3 is 6.03 Å². The number of likely N-dealkylation sites (tertiary alicyclic amines) is 1. The van der Waals surface area contributed by atoms with Crippen LogP contribution in [0.1, 0.15) is 36.5 Å². The van der Waals surface area contributed by atoms with Crippen molar-refractivity contribution in [3.05, 3.63) is 65.2 Å². The fourth-order valence-corrected chi connectivity index (χ4v) is 4.64. The molecule has 0 radical (unpaired) electrons. The number of hydrogen-bond donors (Lipinski definition) is 1. The Balaban J connectivity index is 1.32. The largest absolute Gasteiger partial charge is 0.497 e. The van der Waals surface area contributed by atoms with Gasteiger partial charge in [0.05, 0.1) is 7.11 Å². The van der Waals surface area contributed by atoms with Gasteiger partial charge in [0.25, 0.3) is 5.91 Å². The van der Waals surface area contributed by atoms with Crippen LogP contribution < -0.4 is 10.1 Å². The lowest BCUT2D eigenvalue weighted by atomic mass is 9.90. The molecule has 2 saturated heterocycles. The lowest BCUT2D eigenvalue weighted by Gasteiger charge is -2.33. The third-order valence-electron chi connectivity index (χ3n) is 6.85. The van der Waals surface area contributed by atoms with Crippen LogP contribution in [0.2, 0.25) is 0 Å². The van der Waals surface area contributed by atoms with Crippen LogP contribution in [0.3, 0.4) is 0 Å². The van der Waals surface area contributed by atoms with Crippen LogP contribution in [0.5, 0.6) is 5.75 Å². The summed E-state index contributed by atoms with van der Waals surface area (Å²) in [5, 5.41) is 2.77. The monoisotopic (exact) mass is 449 g/mol. The van der Waals surface area contributed by atoms with E-state index in [1.807, 2.05) is 43.3 Å². The number of aryl methyl sites for hydroxylation is 1. The highest BCUT2D eigenvalue weighted by molar-refractivity contribution is 6.09. The van der Waals surface area contributed by atoms with Gasteiger partial charge in [0.1, 0.15) is 17.8 Å². The number of carbonyl (C=O) groups excluding carboxylic acids is 3. The number of benzene rings is 2. The van der Waals surface area contributed by atoms with Crippen LogP contribution in [-0.4, -0.2) is 54.4 Å². The highest BCUT2D eigenvalue weighted by atomic mass is 16.5. The lowest BCUT2D eigenvalue weighted by Crippen LogP contribution is -2.46. The van der Waals surface area contributed by atoms with Gasteiger partial charge in [-0.1, -0.05) is 42.0 Å². The number of ether oxygens (including phenoxy) is 1. The van der Waals surface area contributed by atoms with Crippen molar-refractivity contribution < 1.29 is 19.1 Å². The van der Waals surface area contributed by atoms with E-state index >= 15 is 0 Å². The molecule has 2 heterocycles. The molecule has 2 aliphatic heterocycles. The zero-order chi connectivity index (χ0) is 23.6. The summed E-state index contributed by atoms with van der Waals surface area (Å²) in [6.07, 6.45) is 2.77. The molecule has 174 valence electrons. The van der Waals surface area contributed by atoms with Crippen LogP contribution in [0.15, 0.2) is 48.5 Å². The summed E-state index contributed by atoms with van der Waals surface area (Å²) in [6, 6.07) is 15.1. The summed E-state index contributed by atoms with van der Waals surface area (Å²) in [7, 11) is 1.66. The summed E-state index contributed by atoms with van der Waals surface area (Å²) in [4.78, 5) is 41.4. The van der Waals surface area contributed by atoms with Crippen molar-refractivity contribution in [1.82, 2.24) is 15.1 Å². The van der Waals surface area contributed by atoms with Gasteiger partial charge in [-0.2, -0.15) is 0 Å². The molecule has 2 fully saturated rings. The maximum atomic E-state index is 13.1. The second-order valence-corrected chi connectivity index (χ2v) is 9.19. The summed E-state index contributed by atoms with van der Waals surface area (Å²) in [6.45, 7) is 4.70. The maximum Gasteiger partial charge on any atom is 0.325 e.